The molecule has 1 saturated heterocycles. The molecule has 0 radical (unpaired) electrons. The molecule has 0 spiro atoms. The summed E-state index contributed by atoms with van der Waals surface area (Å²) in [5, 5.41) is 3.35. The van der Waals surface area contributed by atoms with Crippen molar-refractivity contribution < 1.29 is 9.59 Å². The van der Waals surface area contributed by atoms with Crippen LogP contribution in [0.1, 0.15) is 19.3 Å². The standard InChI is InChI=1S/C21H20N4O3S/c26-18(22-14-7-9-15(10-8-14)24-12-3-6-19(24)27)11-13-25-20(28)16-4-1-2-5-17(16)23-21(25)29/h1-2,4-5,7-10H,3,6,11-13H2,(H,22,26)(H,23,29). The van der Waals surface area contributed by atoms with E-state index >= 15 is 0 Å². The Morgan fingerprint density at radius 3 is 2.59 bits per heavy atom. The summed E-state index contributed by atoms with van der Waals surface area (Å²) in [7, 11) is 0. The van der Waals surface area contributed by atoms with Crippen LogP contribution in [0.15, 0.2) is 53.3 Å². The first-order valence-corrected chi connectivity index (χ1v) is 9.86. The van der Waals surface area contributed by atoms with E-state index in [0.29, 0.717) is 27.8 Å². The molecule has 0 unspecified atom stereocenters. The molecule has 29 heavy (non-hydrogen) atoms. The number of aromatic nitrogens is 2. The zero-order chi connectivity index (χ0) is 20.4. The fourth-order valence-corrected chi connectivity index (χ4v) is 3.77. The molecule has 3 aromatic rings. The van der Waals surface area contributed by atoms with E-state index in [9.17, 15) is 14.4 Å². The van der Waals surface area contributed by atoms with E-state index in [-0.39, 0.29) is 30.3 Å². The predicted molar refractivity (Wildman–Crippen MR) is 115 cm³/mol. The Hall–Kier alpha value is -3.26. The van der Waals surface area contributed by atoms with E-state index in [2.05, 4.69) is 10.3 Å². The van der Waals surface area contributed by atoms with Crippen molar-refractivity contribution >= 4 is 46.3 Å². The molecule has 1 aliphatic heterocycles. The number of amides is 2. The Balaban J connectivity index is 1.42. The highest BCUT2D eigenvalue weighted by Gasteiger charge is 2.21. The molecule has 4 rings (SSSR count). The highest BCUT2D eigenvalue weighted by atomic mass is 32.1. The fourth-order valence-electron chi connectivity index (χ4n) is 3.48. The van der Waals surface area contributed by atoms with Gasteiger partial charge in [-0.05, 0) is 55.0 Å². The van der Waals surface area contributed by atoms with Crippen molar-refractivity contribution in [3.8, 4) is 0 Å². The van der Waals surface area contributed by atoms with Gasteiger partial charge >= 0.3 is 0 Å². The van der Waals surface area contributed by atoms with Gasteiger partial charge in [0.15, 0.2) is 4.77 Å². The topological polar surface area (TPSA) is 87.2 Å². The van der Waals surface area contributed by atoms with Gasteiger partial charge in [-0.25, -0.2) is 0 Å². The number of benzene rings is 2. The van der Waals surface area contributed by atoms with Gasteiger partial charge in [-0.3, -0.25) is 19.0 Å². The van der Waals surface area contributed by atoms with Gasteiger partial charge in [-0.1, -0.05) is 12.1 Å². The third kappa shape index (κ3) is 3.97. The zero-order valence-corrected chi connectivity index (χ0v) is 16.5. The second-order valence-electron chi connectivity index (χ2n) is 6.93. The number of carbonyl (C=O) groups is 2. The van der Waals surface area contributed by atoms with Crippen LogP contribution in [-0.4, -0.2) is 27.9 Å². The molecule has 148 valence electrons. The first-order chi connectivity index (χ1) is 14.0. The van der Waals surface area contributed by atoms with Crippen LogP contribution in [0, 0.1) is 4.77 Å². The summed E-state index contributed by atoms with van der Waals surface area (Å²) in [5.41, 5.74) is 1.94. The second kappa shape index (κ2) is 8.00. The average molecular weight is 408 g/mol. The number of carbonyl (C=O) groups excluding carboxylic acids is 2. The molecule has 8 heteroatoms. The number of hydrogen-bond donors (Lipinski definition) is 2. The summed E-state index contributed by atoms with van der Waals surface area (Å²) in [6.45, 7) is 0.913. The van der Waals surface area contributed by atoms with Gasteiger partial charge in [-0.2, -0.15) is 0 Å². The van der Waals surface area contributed by atoms with E-state index in [4.69, 9.17) is 12.2 Å². The summed E-state index contributed by atoms with van der Waals surface area (Å²) in [5.74, 6) is -0.0939. The summed E-state index contributed by atoms with van der Waals surface area (Å²) >= 11 is 5.27. The number of nitrogens with one attached hydrogen (secondary N) is 2. The SMILES string of the molecule is O=C(CCn1c(=S)[nH]c2ccccc2c1=O)Nc1ccc(N2CCCC2=O)cc1. The van der Waals surface area contributed by atoms with Crippen molar-refractivity contribution in [2.24, 2.45) is 0 Å². The van der Waals surface area contributed by atoms with Gasteiger partial charge in [0, 0.05) is 37.3 Å². The molecular weight excluding hydrogens is 388 g/mol. The molecule has 0 bridgehead atoms. The maximum absolute atomic E-state index is 12.6. The normalized spacial score (nSPS) is 13.8. The lowest BCUT2D eigenvalue weighted by molar-refractivity contribution is -0.117. The van der Waals surface area contributed by atoms with Crippen LogP contribution in [0.25, 0.3) is 10.9 Å². The van der Waals surface area contributed by atoms with Gasteiger partial charge in [0.05, 0.1) is 10.9 Å². The molecule has 2 amide bonds. The van der Waals surface area contributed by atoms with E-state index in [1.807, 2.05) is 18.2 Å². The Kier molecular flexibility index (Phi) is 5.26. The minimum absolute atomic E-state index is 0.113. The lowest BCUT2D eigenvalue weighted by Gasteiger charge is -2.16. The van der Waals surface area contributed by atoms with Crippen LogP contribution in [0.3, 0.4) is 0 Å². The lowest BCUT2D eigenvalue weighted by Crippen LogP contribution is -2.25. The molecule has 1 fully saturated rings. The average Bonchev–Trinajstić information content (AvgIpc) is 3.14. The van der Waals surface area contributed by atoms with Crippen molar-refractivity contribution in [1.29, 1.82) is 0 Å². The molecule has 2 heterocycles. The van der Waals surface area contributed by atoms with Crippen molar-refractivity contribution in [2.45, 2.75) is 25.8 Å². The molecule has 2 aromatic carbocycles. The summed E-state index contributed by atoms with van der Waals surface area (Å²) < 4.78 is 1.69. The number of hydrogen-bond acceptors (Lipinski definition) is 4. The summed E-state index contributed by atoms with van der Waals surface area (Å²) in [6.07, 6.45) is 1.56. The third-order valence-electron chi connectivity index (χ3n) is 4.99. The number of aromatic amines is 1. The van der Waals surface area contributed by atoms with Crippen LogP contribution >= 0.6 is 12.2 Å². The second-order valence-corrected chi connectivity index (χ2v) is 7.31. The lowest BCUT2D eigenvalue weighted by atomic mass is 10.2. The zero-order valence-electron chi connectivity index (χ0n) is 15.7. The number of rotatable bonds is 5. The van der Waals surface area contributed by atoms with Crippen LogP contribution in [0.4, 0.5) is 11.4 Å². The summed E-state index contributed by atoms with van der Waals surface area (Å²) in [6, 6.07) is 14.3. The first-order valence-electron chi connectivity index (χ1n) is 9.45. The highest BCUT2D eigenvalue weighted by molar-refractivity contribution is 7.71. The highest BCUT2D eigenvalue weighted by Crippen LogP contribution is 2.23. The van der Waals surface area contributed by atoms with E-state index in [1.54, 1.807) is 35.2 Å². The van der Waals surface area contributed by atoms with Gasteiger partial charge < -0.3 is 15.2 Å². The number of para-hydroxylation sites is 1. The van der Waals surface area contributed by atoms with Crippen molar-refractivity contribution in [3.05, 3.63) is 63.7 Å². The Bertz CT molecular complexity index is 1200. The molecule has 0 aliphatic carbocycles. The van der Waals surface area contributed by atoms with Crippen molar-refractivity contribution in [3.63, 3.8) is 0 Å². The number of nitrogens with zero attached hydrogens (tertiary/aromatic N) is 2. The van der Waals surface area contributed by atoms with Gasteiger partial charge in [0.25, 0.3) is 5.56 Å². The number of fused-ring (bicyclic) bond motifs is 1. The predicted octanol–water partition coefficient (Wildman–Crippen LogP) is 3.21. The molecule has 0 saturated carbocycles. The molecule has 2 N–H and O–H groups in total. The van der Waals surface area contributed by atoms with Crippen LogP contribution < -0.4 is 15.8 Å². The van der Waals surface area contributed by atoms with Crippen LogP contribution in [0.2, 0.25) is 0 Å². The van der Waals surface area contributed by atoms with Crippen LogP contribution in [0.5, 0.6) is 0 Å². The van der Waals surface area contributed by atoms with Crippen LogP contribution in [-0.2, 0) is 16.1 Å². The molecule has 1 aliphatic rings. The number of anilines is 2. The van der Waals surface area contributed by atoms with E-state index < -0.39 is 0 Å². The van der Waals surface area contributed by atoms with Gasteiger partial charge in [-0.15, -0.1) is 0 Å². The first kappa shape index (κ1) is 19.1. The van der Waals surface area contributed by atoms with Crippen molar-refractivity contribution in [2.75, 3.05) is 16.8 Å². The smallest absolute Gasteiger partial charge is 0.262 e. The minimum atomic E-state index is -0.218. The maximum Gasteiger partial charge on any atom is 0.262 e. The fraction of sp³-hybridized carbons (Fsp3) is 0.238. The Morgan fingerprint density at radius 2 is 1.86 bits per heavy atom. The van der Waals surface area contributed by atoms with E-state index in [0.717, 1.165) is 18.7 Å². The molecule has 0 atom stereocenters. The summed E-state index contributed by atoms with van der Waals surface area (Å²) in [4.78, 5) is 41.5. The quantitative estimate of drug-likeness (QED) is 0.635. The number of H-pyrrole nitrogens is 1. The van der Waals surface area contributed by atoms with Gasteiger partial charge in [0.2, 0.25) is 11.8 Å². The molecule has 7 nitrogen and oxygen atoms in total. The van der Waals surface area contributed by atoms with Crippen molar-refractivity contribution in [1.82, 2.24) is 9.55 Å². The molecular formula is C21H20N4O3S. The van der Waals surface area contributed by atoms with Gasteiger partial charge in [0.1, 0.15) is 0 Å². The minimum Gasteiger partial charge on any atom is -0.332 e. The van der Waals surface area contributed by atoms with E-state index in [1.165, 1.54) is 4.57 Å². The Labute approximate surface area is 172 Å². The Morgan fingerprint density at radius 1 is 1.10 bits per heavy atom. The third-order valence-corrected chi connectivity index (χ3v) is 5.31. The maximum atomic E-state index is 12.6. The molecule has 1 aromatic heterocycles. The largest absolute Gasteiger partial charge is 0.332 e. The monoisotopic (exact) mass is 408 g/mol.